The van der Waals surface area contributed by atoms with Crippen LogP contribution in [0, 0.1) is 11.3 Å². The number of hydrogen-bond acceptors (Lipinski definition) is 8. The number of nitrogens with two attached hydrogens (primary N) is 1. The maximum absolute atomic E-state index is 8.83. The van der Waals surface area contributed by atoms with Gasteiger partial charge in [-0.15, -0.1) is 0 Å². The van der Waals surface area contributed by atoms with Crippen LogP contribution in [0.2, 0.25) is 0 Å². The Morgan fingerprint density at radius 3 is 2.63 bits per heavy atom. The molecule has 1 aliphatic carbocycles. The lowest BCUT2D eigenvalue weighted by molar-refractivity contribution is 0.147. The van der Waals surface area contributed by atoms with E-state index in [4.69, 9.17) is 20.5 Å². The summed E-state index contributed by atoms with van der Waals surface area (Å²) in [6, 6.07) is 9.79. The van der Waals surface area contributed by atoms with Crippen LogP contribution in [0.4, 0.5) is 11.6 Å². The second kappa shape index (κ2) is 8.80. The van der Waals surface area contributed by atoms with E-state index >= 15 is 0 Å². The van der Waals surface area contributed by atoms with Crippen molar-refractivity contribution in [2.75, 3.05) is 12.4 Å². The average Bonchev–Trinajstić information content (AvgIpc) is 3.23. The average molecular weight is 405 g/mol. The third-order valence-electron chi connectivity index (χ3n) is 5.09. The minimum Gasteiger partial charge on any atom is -0.496 e. The summed E-state index contributed by atoms with van der Waals surface area (Å²) in [6.07, 6.45) is 6.82. The van der Waals surface area contributed by atoms with Crippen LogP contribution in [-0.2, 0) is 0 Å². The highest BCUT2D eigenvalue weighted by atomic mass is 16.5. The van der Waals surface area contributed by atoms with Crippen molar-refractivity contribution >= 4 is 11.6 Å². The summed E-state index contributed by atoms with van der Waals surface area (Å²) in [4.78, 5) is 8.15. The highest BCUT2D eigenvalue weighted by Crippen LogP contribution is 2.39. The van der Waals surface area contributed by atoms with Crippen molar-refractivity contribution in [3.8, 4) is 28.8 Å². The molecular weight excluding hydrogens is 382 g/mol. The molecule has 0 spiro atoms. The quantitative estimate of drug-likeness (QED) is 0.569. The van der Waals surface area contributed by atoms with Gasteiger partial charge in [0, 0.05) is 12.1 Å². The molecule has 0 unspecified atom stereocenters. The second-order valence-corrected chi connectivity index (χ2v) is 7.18. The van der Waals surface area contributed by atoms with Crippen molar-refractivity contribution in [1.29, 1.82) is 5.26 Å². The largest absolute Gasteiger partial charge is 0.496 e. The molecule has 4 rings (SSSR count). The number of ether oxygens (including phenoxy) is 2. The number of aromatic amines is 1. The van der Waals surface area contributed by atoms with E-state index in [1.807, 2.05) is 30.3 Å². The molecule has 3 aromatic rings. The Morgan fingerprint density at radius 1 is 1.13 bits per heavy atom. The van der Waals surface area contributed by atoms with E-state index in [-0.39, 0.29) is 17.8 Å². The van der Waals surface area contributed by atoms with Gasteiger partial charge < -0.3 is 20.5 Å². The van der Waals surface area contributed by atoms with E-state index < -0.39 is 0 Å². The van der Waals surface area contributed by atoms with Crippen LogP contribution in [0.25, 0.3) is 11.3 Å². The normalized spacial score (nSPS) is 18.4. The summed E-state index contributed by atoms with van der Waals surface area (Å²) in [5.41, 5.74) is 7.83. The lowest BCUT2D eigenvalue weighted by Gasteiger charge is -2.27. The van der Waals surface area contributed by atoms with E-state index in [0.29, 0.717) is 17.4 Å². The van der Waals surface area contributed by atoms with Crippen LogP contribution < -0.4 is 20.5 Å². The van der Waals surface area contributed by atoms with Crippen LogP contribution in [0.5, 0.6) is 11.5 Å². The first-order valence-corrected chi connectivity index (χ1v) is 9.80. The van der Waals surface area contributed by atoms with E-state index in [1.54, 1.807) is 7.11 Å². The minimum atomic E-state index is 0.130. The molecule has 0 amide bonds. The maximum Gasteiger partial charge on any atom is 0.158 e. The fourth-order valence-electron chi connectivity index (χ4n) is 3.53. The van der Waals surface area contributed by atoms with E-state index in [9.17, 15) is 0 Å². The molecule has 2 aromatic heterocycles. The Hall–Kier alpha value is -3.64. The highest BCUT2D eigenvalue weighted by molar-refractivity contribution is 5.76. The zero-order valence-electron chi connectivity index (χ0n) is 16.6. The molecule has 9 nitrogen and oxygen atoms in total. The monoisotopic (exact) mass is 405 g/mol. The van der Waals surface area contributed by atoms with Crippen molar-refractivity contribution in [3.63, 3.8) is 0 Å². The van der Waals surface area contributed by atoms with Crippen LogP contribution >= 0.6 is 0 Å². The Labute approximate surface area is 174 Å². The van der Waals surface area contributed by atoms with Gasteiger partial charge >= 0.3 is 0 Å². The predicted octanol–water partition coefficient (Wildman–Crippen LogP) is 3.14. The summed E-state index contributed by atoms with van der Waals surface area (Å²) in [6.45, 7) is 0. The summed E-state index contributed by atoms with van der Waals surface area (Å²) < 4.78 is 11.9. The molecule has 1 aliphatic rings. The molecule has 0 bridgehead atoms. The number of benzene rings is 1. The second-order valence-electron chi connectivity index (χ2n) is 7.18. The molecule has 154 valence electrons. The molecule has 30 heavy (non-hydrogen) atoms. The summed E-state index contributed by atoms with van der Waals surface area (Å²) in [5, 5.41) is 19.2. The van der Waals surface area contributed by atoms with Gasteiger partial charge in [0.05, 0.1) is 36.9 Å². The number of nitrogens with one attached hydrogen (secondary N) is 2. The smallest absolute Gasteiger partial charge is 0.158 e. The van der Waals surface area contributed by atoms with E-state index in [0.717, 1.165) is 42.7 Å². The topological polar surface area (TPSA) is 135 Å². The van der Waals surface area contributed by atoms with Gasteiger partial charge in [0.25, 0.3) is 0 Å². The number of anilines is 2. The Bertz CT molecular complexity index is 1030. The summed E-state index contributed by atoms with van der Waals surface area (Å²) in [7, 11) is 1.63. The van der Waals surface area contributed by atoms with Crippen molar-refractivity contribution in [3.05, 3.63) is 42.4 Å². The molecule has 1 fully saturated rings. The summed E-state index contributed by atoms with van der Waals surface area (Å²) in [5.74, 6) is 2.48. The van der Waals surface area contributed by atoms with Crippen molar-refractivity contribution in [1.82, 2.24) is 20.2 Å². The van der Waals surface area contributed by atoms with Gasteiger partial charge in [-0.2, -0.15) is 10.4 Å². The van der Waals surface area contributed by atoms with Gasteiger partial charge in [-0.3, -0.25) is 5.10 Å². The zero-order valence-corrected chi connectivity index (χ0v) is 16.6. The standard InChI is InChI=1S/C21H23N7O2/c1-29-17-3-2-4-18(30-15-7-5-13(23)6-8-15)21(17)16-9-19(28-27-16)26-20-12-24-14(10-22)11-25-20/h2-4,9,11-13,15H,5-8,23H2,1H3,(H2,25,26,27,28). The molecule has 2 heterocycles. The van der Waals surface area contributed by atoms with Gasteiger partial charge in [0.15, 0.2) is 11.5 Å². The SMILES string of the molecule is COc1cccc(OC2CCC(N)CC2)c1-c1cc(Nc2cnc(C#N)cn2)n[nH]1. The van der Waals surface area contributed by atoms with E-state index in [2.05, 4.69) is 25.5 Å². The van der Waals surface area contributed by atoms with Crippen molar-refractivity contribution in [2.24, 2.45) is 5.73 Å². The Balaban J connectivity index is 1.57. The van der Waals surface area contributed by atoms with Crippen LogP contribution in [0.1, 0.15) is 31.4 Å². The first-order valence-electron chi connectivity index (χ1n) is 9.80. The summed E-state index contributed by atoms with van der Waals surface area (Å²) >= 11 is 0. The Morgan fingerprint density at radius 2 is 1.93 bits per heavy atom. The van der Waals surface area contributed by atoms with Crippen LogP contribution in [-0.4, -0.2) is 39.4 Å². The minimum absolute atomic E-state index is 0.130. The van der Waals surface area contributed by atoms with Crippen molar-refractivity contribution < 1.29 is 9.47 Å². The van der Waals surface area contributed by atoms with Gasteiger partial charge in [0.1, 0.15) is 23.4 Å². The third-order valence-corrected chi connectivity index (χ3v) is 5.09. The maximum atomic E-state index is 8.83. The lowest BCUT2D eigenvalue weighted by atomic mass is 9.93. The van der Waals surface area contributed by atoms with Gasteiger partial charge in [0.2, 0.25) is 0 Å². The number of H-pyrrole nitrogens is 1. The molecule has 0 atom stereocenters. The predicted molar refractivity (Wildman–Crippen MR) is 111 cm³/mol. The number of methoxy groups -OCH3 is 1. The van der Waals surface area contributed by atoms with E-state index in [1.165, 1.54) is 12.4 Å². The fourth-order valence-corrected chi connectivity index (χ4v) is 3.53. The third kappa shape index (κ3) is 4.34. The number of rotatable bonds is 6. The first-order chi connectivity index (χ1) is 14.7. The molecule has 4 N–H and O–H groups in total. The highest BCUT2D eigenvalue weighted by Gasteiger charge is 2.23. The van der Waals surface area contributed by atoms with Gasteiger partial charge in [-0.05, 0) is 37.8 Å². The lowest BCUT2D eigenvalue weighted by Crippen LogP contribution is -2.31. The molecular formula is C21H23N7O2. The Kier molecular flexibility index (Phi) is 5.77. The molecule has 0 aliphatic heterocycles. The number of nitriles is 1. The van der Waals surface area contributed by atoms with Crippen LogP contribution in [0.15, 0.2) is 36.7 Å². The molecule has 9 heteroatoms. The molecule has 1 aromatic carbocycles. The van der Waals surface area contributed by atoms with Gasteiger partial charge in [-0.1, -0.05) is 6.07 Å². The molecule has 0 radical (unpaired) electrons. The number of aromatic nitrogens is 4. The van der Waals surface area contributed by atoms with Crippen LogP contribution in [0.3, 0.4) is 0 Å². The molecule has 0 saturated heterocycles. The van der Waals surface area contributed by atoms with Crippen molar-refractivity contribution in [2.45, 2.75) is 37.8 Å². The number of nitrogens with zero attached hydrogens (tertiary/aromatic N) is 4. The van der Waals surface area contributed by atoms with Gasteiger partial charge in [-0.25, -0.2) is 9.97 Å². The zero-order chi connectivity index (χ0) is 20.9. The first kappa shape index (κ1) is 19.7. The number of hydrogen-bond donors (Lipinski definition) is 3. The molecule has 1 saturated carbocycles. The fraction of sp³-hybridized carbons (Fsp3) is 0.333.